The van der Waals surface area contributed by atoms with Crippen LogP contribution in [0.15, 0.2) is 79.4 Å². The number of allylic oxidation sites excluding steroid dienone is 1. The van der Waals surface area contributed by atoms with Crippen LogP contribution in [0.1, 0.15) is 34.2 Å². The predicted molar refractivity (Wildman–Crippen MR) is 137 cm³/mol. The topological polar surface area (TPSA) is 9.23 Å². The van der Waals surface area contributed by atoms with Crippen LogP contribution in [0, 0.1) is 17.5 Å². The second-order valence-electron chi connectivity index (χ2n) is 8.99. The van der Waals surface area contributed by atoms with E-state index in [1.165, 1.54) is 6.07 Å². The van der Waals surface area contributed by atoms with Crippen LogP contribution in [-0.2, 0) is 32.1 Å². The Morgan fingerprint density at radius 3 is 2.00 bits per heavy atom. The Morgan fingerprint density at radius 2 is 1.30 bits per heavy atom. The van der Waals surface area contributed by atoms with Crippen molar-refractivity contribution in [2.75, 3.05) is 0 Å². The molecule has 0 bridgehead atoms. The summed E-state index contributed by atoms with van der Waals surface area (Å²) in [7, 11) is 0. The van der Waals surface area contributed by atoms with E-state index in [0.29, 0.717) is 47.8 Å². The first kappa shape index (κ1) is 26.4. The van der Waals surface area contributed by atoms with Gasteiger partial charge < -0.3 is 4.74 Å². The average Bonchev–Trinajstić information content (AvgIpc) is 2.87. The summed E-state index contributed by atoms with van der Waals surface area (Å²) >= 11 is 0. The summed E-state index contributed by atoms with van der Waals surface area (Å²) in [6, 6.07) is 18.1. The molecule has 0 amide bonds. The van der Waals surface area contributed by atoms with Crippen LogP contribution in [0.3, 0.4) is 0 Å². The SMILES string of the molecule is C=CCCc1ccc(CCc2ccc3c(F)c(CCc4ccc(OC(F)F)c(F)c4)ccc3c2)c(F)c1. The van der Waals surface area contributed by atoms with Crippen LogP contribution < -0.4 is 4.74 Å². The molecule has 0 atom stereocenters. The van der Waals surface area contributed by atoms with Gasteiger partial charge in [-0.2, -0.15) is 8.78 Å². The fourth-order valence-electron chi connectivity index (χ4n) is 4.40. The van der Waals surface area contributed by atoms with Gasteiger partial charge in [0, 0.05) is 5.39 Å². The zero-order valence-electron chi connectivity index (χ0n) is 20.3. The number of alkyl halides is 2. The number of rotatable bonds is 11. The van der Waals surface area contributed by atoms with Gasteiger partial charge in [-0.3, -0.25) is 0 Å². The molecule has 6 heteroatoms. The Morgan fingerprint density at radius 1 is 0.676 bits per heavy atom. The quantitative estimate of drug-likeness (QED) is 0.145. The van der Waals surface area contributed by atoms with Gasteiger partial charge in [-0.1, -0.05) is 54.6 Å². The van der Waals surface area contributed by atoms with Crippen molar-refractivity contribution in [1.29, 1.82) is 0 Å². The minimum absolute atomic E-state index is 0.214. The Balaban J connectivity index is 1.41. The third-order valence-corrected chi connectivity index (χ3v) is 6.43. The van der Waals surface area contributed by atoms with E-state index >= 15 is 4.39 Å². The Labute approximate surface area is 213 Å². The minimum Gasteiger partial charge on any atom is -0.432 e. The maximum Gasteiger partial charge on any atom is 0.387 e. The van der Waals surface area contributed by atoms with Crippen molar-refractivity contribution in [3.63, 3.8) is 0 Å². The second-order valence-corrected chi connectivity index (χ2v) is 8.99. The van der Waals surface area contributed by atoms with E-state index in [1.54, 1.807) is 18.2 Å². The molecule has 0 heterocycles. The van der Waals surface area contributed by atoms with Crippen molar-refractivity contribution in [1.82, 2.24) is 0 Å². The zero-order valence-corrected chi connectivity index (χ0v) is 20.3. The normalized spacial score (nSPS) is 11.3. The van der Waals surface area contributed by atoms with Crippen LogP contribution in [0.25, 0.3) is 10.8 Å². The van der Waals surface area contributed by atoms with E-state index in [1.807, 2.05) is 36.4 Å². The van der Waals surface area contributed by atoms with Gasteiger partial charge in [0.25, 0.3) is 0 Å². The van der Waals surface area contributed by atoms with Crippen molar-refractivity contribution < 1.29 is 26.7 Å². The molecular weight excluding hydrogens is 483 g/mol. The summed E-state index contributed by atoms with van der Waals surface area (Å²) < 4.78 is 72.4. The monoisotopic (exact) mass is 510 g/mol. The second kappa shape index (κ2) is 12.0. The number of aryl methyl sites for hydroxylation is 5. The van der Waals surface area contributed by atoms with E-state index in [9.17, 15) is 17.6 Å². The smallest absolute Gasteiger partial charge is 0.387 e. The van der Waals surface area contributed by atoms with Crippen LogP contribution in [-0.4, -0.2) is 6.61 Å². The standard InChI is InChI=1S/C31H27F5O/c1-2-3-4-20-5-10-23(27(32)18-20)11-6-21-8-15-26-25(17-21)14-13-24(30(26)34)12-7-22-9-16-29(28(33)19-22)37-31(35)36/h2,5,8-10,13-19,31H,1,3-4,6-7,11-12H2. The molecule has 192 valence electrons. The van der Waals surface area contributed by atoms with E-state index in [-0.39, 0.29) is 11.6 Å². The number of hydrogen-bond donors (Lipinski definition) is 0. The summed E-state index contributed by atoms with van der Waals surface area (Å²) in [6.45, 7) is 0.588. The van der Waals surface area contributed by atoms with Crippen molar-refractivity contribution in [3.05, 3.63) is 125 Å². The third-order valence-electron chi connectivity index (χ3n) is 6.43. The molecule has 4 rings (SSSR count). The van der Waals surface area contributed by atoms with Gasteiger partial charge >= 0.3 is 6.61 Å². The molecule has 1 nitrogen and oxygen atoms in total. The van der Waals surface area contributed by atoms with Crippen molar-refractivity contribution in [3.8, 4) is 5.75 Å². The Hall–Kier alpha value is -3.67. The lowest BCUT2D eigenvalue weighted by Gasteiger charge is -2.10. The summed E-state index contributed by atoms with van der Waals surface area (Å²) in [5.41, 5.74) is 3.61. The molecule has 4 aromatic carbocycles. The lowest BCUT2D eigenvalue weighted by atomic mass is 9.97. The molecule has 4 aromatic rings. The van der Waals surface area contributed by atoms with E-state index in [2.05, 4.69) is 11.3 Å². The highest BCUT2D eigenvalue weighted by molar-refractivity contribution is 5.84. The van der Waals surface area contributed by atoms with Gasteiger partial charge in [-0.25, -0.2) is 13.2 Å². The molecule has 0 aliphatic heterocycles. The number of hydrogen-bond acceptors (Lipinski definition) is 1. The molecule has 0 aliphatic rings. The van der Waals surface area contributed by atoms with Gasteiger partial charge in [-0.05, 0) is 89.9 Å². The van der Waals surface area contributed by atoms with Gasteiger partial charge in [0.1, 0.15) is 11.6 Å². The first-order valence-corrected chi connectivity index (χ1v) is 12.2. The van der Waals surface area contributed by atoms with E-state index in [0.717, 1.165) is 41.5 Å². The molecule has 0 spiro atoms. The lowest BCUT2D eigenvalue weighted by molar-refractivity contribution is -0.0522. The van der Waals surface area contributed by atoms with Crippen LogP contribution in [0.5, 0.6) is 5.75 Å². The average molecular weight is 511 g/mol. The van der Waals surface area contributed by atoms with Crippen LogP contribution in [0.4, 0.5) is 22.0 Å². The largest absolute Gasteiger partial charge is 0.432 e. The van der Waals surface area contributed by atoms with E-state index < -0.39 is 18.2 Å². The predicted octanol–water partition coefficient (Wildman–Crippen LogP) is 8.55. The summed E-state index contributed by atoms with van der Waals surface area (Å²) in [5, 5.41) is 1.23. The van der Waals surface area contributed by atoms with Gasteiger partial charge in [0.15, 0.2) is 11.6 Å². The lowest BCUT2D eigenvalue weighted by Crippen LogP contribution is -2.04. The minimum atomic E-state index is -3.10. The highest BCUT2D eigenvalue weighted by Crippen LogP contribution is 2.26. The van der Waals surface area contributed by atoms with E-state index in [4.69, 9.17) is 0 Å². The Bertz CT molecular complexity index is 1400. The fourth-order valence-corrected chi connectivity index (χ4v) is 4.40. The number of halogens is 5. The molecule has 0 fully saturated rings. The Kier molecular flexibility index (Phi) is 8.59. The van der Waals surface area contributed by atoms with Gasteiger partial charge in [0.05, 0.1) is 0 Å². The molecule has 0 saturated heterocycles. The first-order chi connectivity index (χ1) is 17.8. The molecule has 0 saturated carbocycles. The number of fused-ring (bicyclic) bond motifs is 1. The highest BCUT2D eigenvalue weighted by atomic mass is 19.3. The maximum absolute atomic E-state index is 15.2. The molecule has 0 radical (unpaired) electrons. The first-order valence-electron chi connectivity index (χ1n) is 12.2. The highest BCUT2D eigenvalue weighted by Gasteiger charge is 2.13. The van der Waals surface area contributed by atoms with Crippen LogP contribution >= 0.6 is 0 Å². The maximum atomic E-state index is 15.2. The van der Waals surface area contributed by atoms with Gasteiger partial charge in [-0.15, -0.1) is 6.58 Å². The fraction of sp³-hybridized carbons (Fsp3) is 0.226. The van der Waals surface area contributed by atoms with Gasteiger partial charge in [0.2, 0.25) is 0 Å². The number of benzene rings is 4. The summed E-state index contributed by atoms with van der Waals surface area (Å²) in [5.74, 6) is -1.96. The number of ether oxygens (including phenoxy) is 1. The van der Waals surface area contributed by atoms with Crippen LogP contribution in [0.2, 0.25) is 0 Å². The molecule has 0 aromatic heterocycles. The molecular formula is C31H27F5O. The summed E-state index contributed by atoms with van der Waals surface area (Å²) in [6.07, 6.45) is 5.20. The molecule has 0 unspecified atom stereocenters. The molecule has 0 aliphatic carbocycles. The molecule has 37 heavy (non-hydrogen) atoms. The third kappa shape index (κ3) is 6.76. The molecule has 0 N–H and O–H groups in total. The zero-order chi connectivity index (χ0) is 26.4. The van der Waals surface area contributed by atoms with Crippen molar-refractivity contribution >= 4 is 10.8 Å². The van der Waals surface area contributed by atoms with Crippen molar-refractivity contribution in [2.45, 2.75) is 45.1 Å². The van der Waals surface area contributed by atoms with Crippen molar-refractivity contribution in [2.24, 2.45) is 0 Å². The summed E-state index contributed by atoms with van der Waals surface area (Å²) in [4.78, 5) is 0.